The van der Waals surface area contributed by atoms with Crippen LogP contribution in [0.1, 0.15) is 13.3 Å². The molecule has 0 spiro atoms. The third kappa shape index (κ3) is 6.80. The smallest absolute Gasteiger partial charge is 0.191 e. The lowest BCUT2D eigenvalue weighted by atomic mass is 9.96. The molecular formula is C15H31IN4OS2. The van der Waals surface area contributed by atoms with E-state index in [1.165, 1.54) is 17.9 Å². The molecule has 0 aromatic heterocycles. The predicted molar refractivity (Wildman–Crippen MR) is 115 cm³/mol. The Balaban J connectivity index is 0.00000264. The van der Waals surface area contributed by atoms with Crippen molar-refractivity contribution in [1.29, 1.82) is 0 Å². The summed E-state index contributed by atoms with van der Waals surface area (Å²) in [5.74, 6) is 4.51. The second kappa shape index (κ2) is 12.1. The molecule has 0 aromatic rings. The largest absolute Gasteiger partial charge is 0.379 e. The van der Waals surface area contributed by atoms with Crippen LogP contribution in [0.4, 0.5) is 0 Å². The van der Waals surface area contributed by atoms with Crippen LogP contribution in [0.25, 0.3) is 0 Å². The highest BCUT2D eigenvalue weighted by molar-refractivity contribution is 14.0. The molecule has 2 rings (SSSR count). The molecule has 0 amide bonds. The maximum Gasteiger partial charge on any atom is 0.191 e. The van der Waals surface area contributed by atoms with Crippen molar-refractivity contribution in [2.24, 2.45) is 4.99 Å². The van der Waals surface area contributed by atoms with Gasteiger partial charge in [-0.25, -0.2) is 0 Å². The number of nitrogens with zero attached hydrogens (tertiary/aromatic N) is 2. The molecule has 0 radical (unpaired) electrons. The van der Waals surface area contributed by atoms with E-state index in [9.17, 15) is 0 Å². The van der Waals surface area contributed by atoms with Gasteiger partial charge in [-0.1, -0.05) is 0 Å². The van der Waals surface area contributed by atoms with E-state index < -0.39 is 0 Å². The number of rotatable bonds is 7. The summed E-state index contributed by atoms with van der Waals surface area (Å²) in [5.41, 5.74) is 0.232. The summed E-state index contributed by atoms with van der Waals surface area (Å²) in [7, 11) is 0. The molecule has 2 aliphatic rings. The topological polar surface area (TPSA) is 48.9 Å². The van der Waals surface area contributed by atoms with Crippen LogP contribution in [-0.4, -0.2) is 85.9 Å². The summed E-state index contributed by atoms with van der Waals surface area (Å²) in [6.07, 6.45) is 3.38. The first-order chi connectivity index (χ1) is 10.8. The fourth-order valence-electron chi connectivity index (χ4n) is 2.95. The van der Waals surface area contributed by atoms with Crippen molar-refractivity contribution in [3.63, 3.8) is 0 Å². The SMILES string of the molecule is CCNC(=NCC1(N2CCOCC2)CCSC1)NCCSC.I. The average molecular weight is 474 g/mol. The van der Waals surface area contributed by atoms with Gasteiger partial charge in [0.25, 0.3) is 0 Å². The van der Waals surface area contributed by atoms with Crippen molar-refractivity contribution in [2.75, 3.05) is 69.5 Å². The summed E-state index contributed by atoms with van der Waals surface area (Å²) in [5, 5.41) is 6.80. The number of aliphatic imine (C=N–C) groups is 1. The molecule has 136 valence electrons. The highest BCUT2D eigenvalue weighted by Crippen LogP contribution is 2.34. The number of morpholine rings is 1. The molecule has 2 aliphatic heterocycles. The lowest BCUT2D eigenvalue weighted by Gasteiger charge is -2.42. The van der Waals surface area contributed by atoms with Crippen LogP contribution >= 0.6 is 47.5 Å². The maximum atomic E-state index is 5.52. The van der Waals surface area contributed by atoms with E-state index >= 15 is 0 Å². The third-order valence-corrected chi connectivity index (χ3v) is 6.09. The van der Waals surface area contributed by atoms with Crippen molar-refractivity contribution in [3.8, 4) is 0 Å². The van der Waals surface area contributed by atoms with Crippen molar-refractivity contribution >= 4 is 53.5 Å². The fourth-order valence-corrected chi connectivity index (χ4v) is 4.72. The molecule has 0 bridgehead atoms. The Kier molecular flexibility index (Phi) is 11.4. The van der Waals surface area contributed by atoms with E-state index in [-0.39, 0.29) is 29.5 Å². The van der Waals surface area contributed by atoms with Gasteiger partial charge in [0, 0.05) is 37.7 Å². The molecule has 1 unspecified atom stereocenters. The van der Waals surface area contributed by atoms with Crippen LogP contribution in [0, 0.1) is 0 Å². The van der Waals surface area contributed by atoms with Crippen molar-refractivity contribution in [3.05, 3.63) is 0 Å². The van der Waals surface area contributed by atoms with Gasteiger partial charge in [-0.3, -0.25) is 9.89 Å². The molecule has 0 aliphatic carbocycles. The van der Waals surface area contributed by atoms with E-state index in [2.05, 4.69) is 40.5 Å². The average Bonchev–Trinajstić information content (AvgIpc) is 3.04. The molecule has 0 saturated carbocycles. The number of hydrogen-bond donors (Lipinski definition) is 2. The first-order valence-corrected chi connectivity index (χ1v) is 10.8. The lowest BCUT2D eigenvalue weighted by Crippen LogP contribution is -2.56. The molecular weight excluding hydrogens is 443 g/mol. The lowest BCUT2D eigenvalue weighted by molar-refractivity contribution is -0.0104. The Morgan fingerprint density at radius 2 is 2.13 bits per heavy atom. The minimum Gasteiger partial charge on any atom is -0.379 e. The number of guanidine groups is 1. The molecule has 5 nitrogen and oxygen atoms in total. The first-order valence-electron chi connectivity index (χ1n) is 8.22. The molecule has 23 heavy (non-hydrogen) atoms. The fraction of sp³-hybridized carbons (Fsp3) is 0.933. The Labute approximate surface area is 166 Å². The van der Waals surface area contributed by atoms with Crippen LogP contribution in [0.2, 0.25) is 0 Å². The molecule has 2 N–H and O–H groups in total. The van der Waals surface area contributed by atoms with Crippen LogP contribution in [0.5, 0.6) is 0 Å². The zero-order chi connectivity index (χ0) is 15.7. The normalized spacial score (nSPS) is 25.9. The summed E-state index contributed by atoms with van der Waals surface area (Å²) >= 11 is 3.92. The predicted octanol–water partition coefficient (Wildman–Crippen LogP) is 1.73. The van der Waals surface area contributed by atoms with Gasteiger partial charge in [0.05, 0.1) is 25.3 Å². The molecule has 0 aromatic carbocycles. The van der Waals surface area contributed by atoms with Crippen LogP contribution in [0.15, 0.2) is 4.99 Å². The monoisotopic (exact) mass is 474 g/mol. The second-order valence-electron chi connectivity index (χ2n) is 5.74. The van der Waals surface area contributed by atoms with Crippen molar-refractivity contribution < 1.29 is 4.74 Å². The highest BCUT2D eigenvalue weighted by Gasteiger charge is 2.40. The summed E-state index contributed by atoms with van der Waals surface area (Å²) in [6.45, 7) is 8.70. The van der Waals surface area contributed by atoms with Crippen LogP contribution in [0.3, 0.4) is 0 Å². The van der Waals surface area contributed by atoms with Gasteiger partial charge >= 0.3 is 0 Å². The number of nitrogens with one attached hydrogen (secondary N) is 2. The summed E-state index contributed by atoms with van der Waals surface area (Å²) in [4.78, 5) is 7.52. The molecule has 8 heteroatoms. The van der Waals surface area contributed by atoms with Crippen LogP contribution in [-0.2, 0) is 4.74 Å². The van der Waals surface area contributed by atoms with Crippen LogP contribution < -0.4 is 10.6 Å². The number of halogens is 1. The van der Waals surface area contributed by atoms with Gasteiger partial charge in [0.15, 0.2) is 5.96 Å². The van der Waals surface area contributed by atoms with Gasteiger partial charge < -0.3 is 15.4 Å². The molecule has 2 saturated heterocycles. The minimum atomic E-state index is 0. The van der Waals surface area contributed by atoms with E-state index in [0.29, 0.717) is 0 Å². The van der Waals surface area contributed by atoms with E-state index in [4.69, 9.17) is 9.73 Å². The number of hydrogen-bond acceptors (Lipinski definition) is 5. The standard InChI is InChI=1S/C15H30N4OS2.HI/c1-3-16-14(17-5-11-21-2)18-12-15(4-10-22-13-15)19-6-8-20-9-7-19;/h3-13H2,1-2H3,(H2,16,17,18);1H. The number of ether oxygens (including phenoxy) is 1. The van der Waals surface area contributed by atoms with E-state index in [0.717, 1.165) is 57.6 Å². The molecule has 1 atom stereocenters. The minimum absolute atomic E-state index is 0. The van der Waals surface area contributed by atoms with Gasteiger partial charge in [0.1, 0.15) is 0 Å². The van der Waals surface area contributed by atoms with Crippen molar-refractivity contribution in [1.82, 2.24) is 15.5 Å². The molecule has 2 heterocycles. The second-order valence-corrected chi connectivity index (χ2v) is 7.83. The summed E-state index contributed by atoms with van der Waals surface area (Å²) < 4.78 is 5.52. The maximum absolute atomic E-state index is 5.52. The van der Waals surface area contributed by atoms with Gasteiger partial charge in [-0.2, -0.15) is 23.5 Å². The molecule has 2 fully saturated rings. The Morgan fingerprint density at radius 1 is 1.35 bits per heavy atom. The number of thioether (sulfide) groups is 2. The van der Waals surface area contributed by atoms with Gasteiger partial charge in [0.2, 0.25) is 0 Å². The zero-order valence-corrected chi connectivity index (χ0v) is 18.3. The van der Waals surface area contributed by atoms with Gasteiger partial charge in [-0.15, -0.1) is 24.0 Å². The van der Waals surface area contributed by atoms with Gasteiger partial charge in [-0.05, 0) is 25.4 Å². The first kappa shape index (κ1) is 21.7. The Hall–Kier alpha value is 0.620. The van der Waals surface area contributed by atoms with Crippen molar-refractivity contribution in [2.45, 2.75) is 18.9 Å². The van der Waals surface area contributed by atoms with E-state index in [1.54, 1.807) is 0 Å². The Morgan fingerprint density at radius 3 is 2.74 bits per heavy atom. The highest BCUT2D eigenvalue weighted by atomic mass is 127. The quantitative estimate of drug-likeness (QED) is 0.254. The van der Waals surface area contributed by atoms with E-state index in [1.807, 2.05) is 11.8 Å². The third-order valence-electron chi connectivity index (χ3n) is 4.24. The Bertz CT molecular complexity index is 348. The summed E-state index contributed by atoms with van der Waals surface area (Å²) in [6, 6.07) is 0. The zero-order valence-electron chi connectivity index (χ0n) is 14.3.